The third-order valence-corrected chi connectivity index (χ3v) is 3.35. The summed E-state index contributed by atoms with van der Waals surface area (Å²) in [6.45, 7) is 2.39. The predicted octanol–water partition coefficient (Wildman–Crippen LogP) is 2.27. The van der Waals surface area contributed by atoms with Crippen LogP contribution in [0.15, 0.2) is 24.5 Å². The number of carbonyl (C=O) groups is 1. The van der Waals surface area contributed by atoms with Crippen LogP contribution >= 0.6 is 22.6 Å². The molecule has 0 saturated heterocycles. The molecule has 0 bridgehead atoms. The van der Waals surface area contributed by atoms with E-state index < -0.39 is 5.97 Å². The van der Waals surface area contributed by atoms with E-state index in [0.717, 1.165) is 5.56 Å². The minimum Gasteiger partial charge on any atom is -0.476 e. The molecule has 6 heteroatoms. The largest absolute Gasteiger partial charge is 0.476 e. The fraction of sp³-hybridized carbons (Fsp3) is 0.182. The third-order valence-electron chi connectivity index (χ3n) is 2.33. The highest BCUT2D eigenvalue weighted by Crippen LogP contribution is 2.26. The number of hydrogen-bond donors (Lipinski definition) is 1. The van der Waals surface area contributed by atoms with E-state index in [2.05, 4.69) is 10.1 Å². The Morgan fingerprint density at radius 3 is 2.82 bits per heavy atom. The molecule has 5 nitrogen and oxygen atoms in total. The molecule has 0 amide bonds. The van der Waals surface area contributed by atoms with Crippen molar-refractivity contribution in [2.45, 2.75) is 13.5 Å². The summed E-state index contributed by atoms with van der Waals surface area (Å²) in [5.41, 5.74) is 1.72. The van der Waals surface area contributed by atoms with Crippen LogP contribution < -0.4 is 0 Å². The van der Waals surface area contributed by atoms with Crippen molar-refractivity contribution >= 4 is 28.6 Å². The number of halogens is 1. The van der Waals surface area contributed by atoms with E-state index in [1.54, 1.807) is 18.5 Å². The maximum Gasteiger partial charge on any atom is 0.355 e. The number of carboxylic acids is 1. The molecule has 88 valence electrons. The molecule has 0 aromatic carbocycles. The summed E-state index contributed by atoms with van der Waals surface area (Å²) in [5, 5.41) is 13.5. The smallest absolute Gasteiger partial charge is 0.355 e. The molecule has 0 aliphatic rings. The highest BCUT2D eigenvalue weighted by Gasteiger charge is 2.21. The average Bonchev–Trinajstić information content (AvgIpc) is 2.67. The molecule has 1 N–H and O–H groups in total. The van der Waals surface area contributed by atoms with Crippen molar-refractivity contribution in [2.24, 2.45) is 0 Å². The molecular formula is C11H10IN3O2. The maximum absolute atomic E-state index is 11.2. The first-order valence-electron chi connectivity index (χ1n) is 5.05. The van der Waals surface area contributed by atoms with E-state index in [0.29, 0.717) is 15.8 Å². The van der Waals surface area contributed by atoms with Crippen LogP contribution in [0, 0.1) is 3.57 Å². The van der Waals surface area contributed by atoms with E-state index in [4.69, 9.17) is 5.11 Å². The van der Waals surface area contributed by atoms with Gasteiger partial charge < -0.3 is 5.11 Å². The Morgan fingerprint density at radius 2 is 2.35 bits per heavy atom. The summed E-state index contributed by atoms with van der Waals surface area (Å²) in [4.78, 5) is 15.2. The van der Waals surface area contributed by atoms with Crippen LogP contribution in [-0.4, -0.2) is 25.8 Å². The fourth-order valence-electron chi connectivity index (χ4n) is 1.56. The second kappa shape index (κ2) is 4.82. The van der Waals surface area contributed by atoms with Crippen LogP contribution in [0.1, 0.15) is 17.4 Å². The Morgan fingerprint density at radius 1 is 1.59 bits per heavy atom. The quantitative estimate of drug-likeness (QED) is 0.869. The Kier molecular flexibility index (Phi) is 3.41. The zero-order valence-corrected chi connectivity index (χ0v) is 11.2. The van der Waals surface area contributed by atoms with E-state index >= 15 is 0 Å². The topological polar surface area (TPSA) is 68.0 Å². The van der Waals surface area contributed by atoms with Gasteiger partial charge in [0.2, 0.25) is 0 Å². The molecule has 0 aliphatic heterocycles. The monoisotopic (exact) mass is 343 g/mol. The van der Waals surface area contributed by atoms with E-state index in [1.165, 1.54) is 4.68 Å². The summed E-state index contributed by atoms with van der Waals surface area (Å²) in [6, 6.07) is 3.67. The third kappa shape index (κ3) is 2.17. The minimum atomic E-state index is -0.959. The normalized spacial score (nSPS) is 10.5. The predicted molar refractivity (Wildman–Crippen MR) is 70.8 cm³/mol. The van der Waals surface area contributed by atoms with Crippen molar-refractivity contribution < 1.29 is 9.90 Å². The number of carboxylic acid groups (broad SMARTS) is 1. The Bertz CT molecular complexity index is 551. The zero-order valence-electron chi connectivity index (χ0n) is 9.09. The van der Waals surface area contributed by atoms with Crippen LogP contribution in [0.2, 0.25) is 0 Å². The van der Waals surface area contributed by atoms with E-state index in [-0.39, 0.29) is 5.69 Å². The molecule has 0 radical (unpaired) electrons. The molecule has 0 fully saturated rings. The fourth-order valence-corrected chi connectivity index (χ4v) is 2.49. The summed E-state index contributed by atoms with van der Waals surface area (Å²) in [5.74, 6) is -0.959. The van der Waals surface area contributed by atoms with Gasteiger partial charge >= 0.3 is 5.97 Å². The van der Waals surface area contributed by atoms with Gasteiger partial charge in [0, 0.05) is 24.5 Å². The summed E-state index contributed by atoms with van der Waals surface area (Å²) < 4.78 is 2.14. The number of hydrogen-bond acceptors (Lipinski definition) is 3. The highest BCUT2D eigenvalue weighted by atomic mass is 127. The Balaban J connectivity index is 2.61. The van der Waals surface area contributed by atoms with Gasteiger partial charge in [-0.3, -0.25) is 9.67 Å². The van der Waals surface area contributed by atoms with Gasteiger partial charge in [-0.25, -0.2) is 4.79 Å². The van der Waals surface area contributed by atoms with Gasteiger partial charge in [0.05, 0.1) is 3.57 Å². The summed E-state index contributed by atoms with van der Waals surface area (Å²) in [7, 11) is 0. The zero-order chi connectivity index (χ0) is 12.4. The molecule has 0 atom stereocenters. The standard InChI is InChI=1S/C11H10IN3O2/c1-2-15-10(11(16)17)8(12)9(14-15)7-4-3-5-13-6-7/h3-6H,2H2,1H3,(H,16,17). The molecule has 17 heavy (non-hydrogen) atoms. The SMILES string of the molecule is CCn1nc(-c2cccnc2)c(I)c1C(=O)O. The van der Waals surface area contributed by atoms with Gasteiger partial charge in [-0.1, -0.05) is 0 Å². The second-order valence-electron chi connectivity index (χ2n) is 3.37. The molecule has 2 aromatic rings. The molecule has 0 spiro atoms. The average molecular weight is 343 g/mol. The number of rotatable bonds is 3. The van der Waals surface area contributed by atoms with Crippen LogP contribution in [-0.2, 0) is 6.54 Å². The molecule has 0 saturated carbocycles. The van der Waals surface area contributed by atoms with Crippen LogP contribution in [0.5, 0.6) is 0 Å². The number of aromatic nitrogens is 3. The van der Waals surface area contributed by atoms with Crippen LogP contribution in [0.25, 0.3) is 11.3 Å². The molecule has 2 aromatic heterocycles. The first-order chi connectivity index (χ1) is 8.15. The lowest BCUT2D eigenvalue weighted by molar-refractivity contribution is 0.0682. The second-order valence-corrected chi connectivity index (χ2v) is 4.45. The van der Waals surface area contributed by atoms with Crippen molar-refractivity contribution in [1.29, 1.82) is 0 Å². The van der Waals surface area contributed by atoms with Crippen molar-refractivity contribution in [3.05, 3.63) is 33.8 Å². The summed E-state index contributed by atoms with van der Waals surface area (Å²) >= 11 is 2.01. The number of aryl methyl sites for hydroxylation is 1. The van der Waals surface area contributed by atoms with Gasteiger partial charge in [0.25, 0.3) is 0 Å². The van der Waals surface area contributed by atoms with E-state index in [1.807, 2.05) is 35.6 Å². The number of aromatic carboxylic acids is 1. The van der Waals surface area contributed by atoms with Crippen LogP contribution in [0.4, 0.5) is 0 Å². The number of pyridine rings is 1. The van der Waals surface area contributed by atoms with Gasteiger partial charge in [0.1, 0.15) is 5.69 Å². The first kappa shape index (κ1) is 12.0. The Labute approximate surface area is 112 Å². The van der Waals surface area contributed by atoms with Gasteiger partial charge in [-0.15, -0.1) is 0 Å². The van der Waals surface area contributed by atoms with Gasteiger partial charge in [-0.05, 0) is 41.6 Å². The lowest BCUT2D eigenvalue weighted by Crippen LogP contribution is -2.09. The van der Waals surface area contributed by atoms with Gasteiger partial charge in [-0.2, -0.15) is 5.10 Å². The van der Waals surface area contributed by atoms with Crippen molar-refractivity contribution in [3.8, 4) is 11.3 Å². The highest BCUT2D eigenvalue weighted by molar-refractivity contribution is 14.1. The first-order valence-corrected chi connectivity index (χ1v) is 6.13. The summed E-state index contributed by atoms with van der Waals surface area (Å²) in [6.07, 6.45) is 3.35. The van der Waals surface area contributed by atoms with Crippen molar-refractivity contribution in [1.82, 2.24) is 14.8 Å². The molecule has 0 unspecified atom stereocenters. The lowest BCUT2D eigenvalue weighted by atomic mass is 10.2. The minimum absolute atomic E-state index is 0.229. The maximum atomic E-state index is 11.2. The van der Waals surface area contributed by atoms with Crippen LogP contribution in [0.3, 0.4) is 0 Å². The molecule has 0 aliphatic carbocycles. The Hall–Kier alpha value is -1.44. The number of nitrogens with zero attached hydrogens (tertiary/aromatic N) is 3. The molecule has 2 rings (SSSR count). The van der Waals surface area contributed by atoms with Gasteiger partial charge in [0.15, 0.2) is 5.69 Å². The van der Waals surface area contributed by atoms with Crippen molar-refractivity contribution in [2.75, 3.05) is 0 Å². The van der Waals surface area contributed by atoms with Crippen molar-refractivity contribution in [3.63, 3.8) is 0 Å². The molecular weight excluding hydrogens is 333 g/mol. The molecule has 2 heterocycles. The lowest BCUT2D eigenvalue weighted by Gasteiger charge is -1.98. The van der Waals surface area contributed by atoms with E-state index in [9.17, 15) is 4.79 Å².